The van der Waals surface area contributed by atoms with Crippen molar-refractivity contribution >= 4 is 29.1 Å². The van der Waals surface area contributed by atoms with E-state index in [-0.39, 0.29) is 28.2 Å². The summed E-state index contributed by atoms with van der Waals surface area (Å²) < 4.78 is 15.1. The van der Waals surface area contributed by atoms with Crippen molar-refractivity contribution in [2.45, 2.75) is 24.3 Å². The molecule has 1 aromatic heterocycles. The van der Waals surface area contributed by atoms with Crippen LogP contribution in [-0.4, -0.2) is 31.8 Å². The van der Waals surface area contributed by atoms with Gasteiger partial charge in [0.05, 0.1) is 10.8 Å². The number of carbonyl (C=O) groups excluding carboxylic acids is 2. The van der Waals surface area contributed by atoms with Crippen LogP contribution in [0.1, 0.15) is 24.2 Å². The van der Waals surface area contributed by atoms with E-state index >= 15 is 0 Å². The molecule has 0 aliphatic rings. The summed E-state index contributed by atoms with van der Waals surface area (Å²) in [5, 5.41) is 10.4. The molecule has 1 atom stereocenters. The number of halogens is 1. The zero-order chi connectivity index (χ0) is 20.3. The number of nitrogen functional groups attached to an aromatic ring is 1. The number of thioether (sulfide) groups is 1. The van der Waals surface area contributed by atoms with E-state index in [1.54, 1.807) is 49.4 Å². The molecule has 3 rings (SSSR count). The third-order valence-corrected chi connectivity index (χ3v) is 5.05. The van der Waals surface area contributed by atoms with Gasteiger partial charge in [0.25, 0.3) is 0 Å². The minimum Gasteiger partial charge on any atom is -0.335 e. The molecule has 0 bridgehead atoms. The Morgan fingerprint density at radius 1 is 1.14 bits per heavy atom. The number of nitrogens with one attached hydrogen (secondary N) is 1. The number of Topliss-reactive ketones (excluding diaryl/α,β-unsaturated/α-hetero) is 1. The summed E-state index contributed by atoms with van der Waals surface area (Å²) >= 11 is 1.10. The van der Waals surface area contributed by atoms with Gasteiger partial charge >= 0.3 is 0 Å². The van der Waals surface area contributed by atoms with E-state index in [1.807, 2.05) is 0 Å². The standard InChI is InChI=1S/C19H18FN5O2S/c1-11(26)13-7-9-14(10-8-13)22-18(27)12(2)28-19-24-23-17(25(19)21)15-5-3-4-6-16(15)20/h3-10,12H,21H2,1-2H3,(H,22,27)/t12-/m1/s1. The monoisotopic (exact) mass is 399 g/mol. The molecule has 144 valence electrons. The van der Waals surface area contributed by atoms with Crippen LogP contribution in [0, 0.1) is 5.82 Å². The van der Waals surface area contributed by atoms with Gasteiger partial charge in [0.15, 0.2) is 11.6 Å². The molecule has 1 amide bonds. The number of carbonyl (C=O) groups is 2. The van der Waals surface area contributed by atoms with Crippen LogP contribution in [0.25, 0.3) is 11.4 Å². The lowest BCUT2D eigenvalue weighted by Gasteiger charge is -2.12. The van der Waals surface area contributed by atoms with Gasteiger partial charge in [-0.2, -0.15) is 0 Å². The highest BCUT2D eigenvalue weighted by Crippen LogP contribution is 2.26. The average molecular weight is 399 g/mol. The summed E-state index contributed by atoms with van der Waals surface area (Å²) in [6.45, 7) is 3.17. The molecule has 0 radical (unpaired) electrons. The molecule has 9 heteroatoms. The van der Waals surface area contributed by atoms with Crippen molar-refractivity contribution in [3.63, 3.8) is 0 Å². The number of rotatable bonds is 6. The van der Waals surface area contributed by atoms with E-state index in [0.717, 1.165) is 16.4 Å². The van der Waals surface area contributed by atoms with E-state index in [9.17, 15) is 14.0 Å². The van der Waals surface area contributed by atoms with Crippen LogP contribution in [0.5, 0.6) is 0 Å². The Bertz CT molecular complexity index is 1020. The van der Waals surface area contributed by atoms with Gasteiger partial charge in [0.1, 0.15) is 5.82 Å². The fourth-order valence-electron chi connectivity index (χ4n) is 2.43. The zero-order valence-corrected chi connectivity index (χ0v) is 16.0. The quantitative estimate of drug-likeness (QED) is 0.375. The zero-order valence-electron chi connectivity index (χ0n) is 15.2. The van der Waals surface area contributed by atoms with Gasteiger partial charge in [-0.25, -0.2) is 9.07 Å². The predicted molar refractivity (Wildman–Crippen MR) is 106 cm³/mol. The Hall–Kier alpha value is -3.20. The van der Waals surface area contributed by atoms with Crippen molar-refractivity contribution in [3.05, 3.63) is 59.9 Å². The number of amides is 1. The van der Waals surface area contributed by atoms with Gasteiger partial charge in [-0.15, -0.1) is 10.2 Å². The van der Waals surface area contributed by atoms with Crippen LogP contribution in [0.15, 0.2) is 53.7 Å². The highest BCUT2D eigenvalue weighted by molar-refractivity contribution is 8.00. The maximum Gasteiger partial charge on any atom is 0.237 e. The highest BCUT2D eigenvalue weighted by Gasteiger charge is 2.21. The van der Waals surface area contributed by atoms with Crippen LogP contribution in [-0.2, 0) is 4.79 Å². The first-order valence-electron chi connectivity index (χ1n) is 8.40. The second-order valence-corrected chi connectivity index (χ2v) is 7.35. The van der Waals surface area contributed by atoms with E-state index < -0.39 is 11.1 Å². The summed E-state index contributed by atoms with van der Waals surface area (Å²) in [4.78, 5) is 23.7. The van der Waals surface area contributed by atoms with Crippen molar-refractivity contribution < 1.29 is 14.0 Å². The summed E-state index contributed by atoms with van der Waals surface area (Å²) in [6.07, 6.45) is 0. The number of nitrogens with zero attached hydrogens (tertiary/aromatic N) is 3. The van der Waals surface area contributed by atoms with Gasteiger partial charge in [-0.05, 0) is 50.2 Å². The number of nitrogens with two attached hydrogens (primary N) is 1. The third kappa shape index (κ3) is 4.20. The van der Waals surface area contributed by atoms with E-state index in [0.29, 0.717) is 11.3 Å². The molecule has 7 nitrogen and oxygen atoms in total. The Morgan fingerprint density at radius 3 is 2.46 bits per heavy atom. The van der Waals surface area contributed by atoms with Crippen molar-refractivity contribution in [3.8, 4) is 11.4 Å². The first-order valence-corrected chi connectivity index (χ1v) is 9.28. The summed E-state index contributed by atoms with van der Waals surface area (Å²) in [7, 11) is 0. The number of anilines is 1. The molecule has 3 aromatic rings. The smallest absolute Gasteiger partial charge is 0.237 e. The van der Waals surface area contributed by atoms with Crippen LogP contribution >= 0.6 is 11.8 Å². The van der Waals surface area contributed by atoms with Gasteiger partial charge < -0.3 is 11.2 Å². The Kier molecular flexibility index (Phi) is 5.74. The summed E-state index contributed by atoms with van der Waals surface area (Å²) in [5.41, 5.74) is 1.37. The van der Waals surface area contributed by atoms with Crippen molar-refractivity contribution in [2.75, 3.05) is 11.2 Å². The number of aromatic nitrogens is 3. The lowest BCUT2D eigenvalue weighted by Crippen LogP contribution is -2.23. The van der Waals surface area contributed by atoms with Crippen LogP contribution < -0.4 is 11.2 Å². The maximum atomic E-state index is 13.9. The first kappa shape index (κ1) is 19.6. The van der Waals surface area contributed by atoms with Gasteiger partial charge in [0.2, 0.25) is 11.1 Å². The number of benzene rings is 2. The molecule has 0 fully saturated rings. The molecule has 0 aliphatic heterocycles. The van der Waals surface area contributed by atoms with E-state index in [4.69, 9.17) is 5.84 Å². The van der Waals surface area contributed by atoms with Gasteiger partial charge in [-0.1, -0.05) is 23.9 Å². The fraction of sp³-hybridized carbons (Fsp3) is 0.158. The lowest BCUT2D eigenvalue weighted by atomic mass is 10.1. The molecule has 0 aliphatic carbocycles. The molecule has 28 heavy (non-hydrogen) atoms. The van der Waals surface area contributed by atoms with Crippen LogP contribution in [0.4, 0.5) is 10.1 Å². The Balaban J connectivity index is 1.69. The SMILES string of the molecule is CC(=O)c1ccc(NC(=O)[C@@H](C)Sc2nnc(-c3ccccc3F)n2N)cc1. The molecule has 0 saturated heterocycles. The predicted octanol–water partition coefficient (Wildman–Crippen LogP) is 3.12. The lowest BCUT2D eigenvalue weighted by molar-refractivity contribution is -0.115. The molecule has 0 unspecified atom stereocenters. The average Bonchev–Trinajstić information content (AvgIpc) is 3.03. The molecular formula is C19H18FN5O2S. The minimum absolute atomic E-state index is 0.0465. The molecule has 0 spiro atoms. The normalized spacial score (nSPS) is 11.8. The Morgan fingerprint density at radius 2 is 1.82 bits per heavy atom. The number of hydrogen-bond acceptors (Lipinski definition) is 6. The first-order chi connectivity index (χ1) is 13.4. The highest BCUT2D eigenvalue weighted by atomic mass is 32.2. The molecule has 3 N–H and O–H groups in total. The topological polar surface area (TPSA) is 103 Å². The molecule has 0 saturated carbocycles. The van der Waals surface area contributed by atoms with Gasteiger partial charge in [-0.3, -0.25) is 9.59 Å². The Labute approximate surface area is 165 Å². The van der Waals surface area contributed by atoms with Gasteiger partial charge in [0, 0.05) is 11.3 Å². The van der Waals surface area contributed by atoms with Crippen molar-refractivity contribution in [1.82, 2.24) is 14.9 Å². The van der Waals surface area contributed by atoms with Crippen LogP contribution in [0.3, 0.4) is 0 Å². The summed E-state index contributed by atoms with van der Waals surface area (Å²) in [6, 6.07) is 12.7. The largest absolute Gasteiger partial charge is 0.335 e. The van der Waals surface area contributed by atoms with E-state index in [2.05, 4.69) is 15.5 Å². The summed E-state index contributed by atoms with van der Waals surface area (Å²) in [5.74, 6) is 5.39. The molecule has 2 aromatic carbocycles. The molecule has 1 heterocycles. The van der Waals surface area contributed by atoms with Crippen molar-refractivity contribution in [1.29, 1.82) is 0 Å². The third-order valence-electron chi connectivity index (χ3n) is 3.99. The second kappa shape index (κ2) is 8.22. The van der Waals surface area contributed by atoms with Crippen LogP contribution in [0.2, 0.25) is 0 Å². The minimum atomic E-state index is -0.535. The second-order valence-electron chi connectivity index (χ2n) is 6.04. The van der Waals surface area contributed by atoms with E-state index in [1.165, 1.54) is 13.0 Å². The molecular weight excluding hydrogens is 381 g/mol. The maximum absolute atomic E-state index is 13.9. The fourth-order valence-corrected chi connectivity index (χ4v) is 3.20. The van der Waals surface area contributed by atoms with Crippen molar-refractivity contribution in [2.24, 2.45) is 0 Å². The number of hydrogen-bond donors (Lipinski definition) is 2. The number of ketones is 1.